The molecule has 0 amide bonds. The van der Waals surface area contributed by atoms with Gasteiger partial charge >= 0.3 is 5.97 Å². The van der Waals surface area contributed by atoms with Crippen molar-refractivity contribution in [2.75, 3.05) is 18.5 Å². The fraction of sp³-hybridized carbons (Fsp3) is 0.375. The molecule has 0 atom stereocenters. The molecule has 1 aliphatic rings. The van der Waals surface area contributed by atoms with Crippen LogP contribution in [-0.2, 0) is 6.54 Å². The Labute approximate surface area is 89.7 Å². The number of hydrogen-bond acceptors (Lipinski definition) is 4. The summed E-state index contributed by atoms with van der Waals surface area (Å²) >= 11 is 5.75. The van der Waals surface area contributed by atoms with Crippen molar-refractivity contribution in [2.45, 2.75) is 6.54 Å². The fourth-order valence-corrected chi connectivity index (χ4v) is 1.90. The number of carboxylic acids is 1. The van der Waals surface area contributed by atoms with Crippen molar-refractivity contribution in [2.24, 2.45) is 0 Å². The summed E-state index contributed by atoms with van der Waals surface area (Å²) in [6, 6.07) is 0. The summed E-state index contributed by atoms with van der Waals surface area (Å²) in [5, 5.41) is 8.95. The Morgan fingerprint density at radius 3 is 2.80 bits per heavy atom. The minimum atomic E-state index is -1.28. The van der Waals surface area contributed by atoms with Crippen LogP contribution in [0.4, 0.5) is 5.82 Å². The largest absolute Gasteiger partial charge is 0.477 e. The number of carbonyl (C=O) groups is 1. The fourth-order valence-electron chi connectivity index (χ4n) is 1.66. The van der Waals surface area contributed by atoms with Gasteiger partial charge in [-0.3, -0.25) is 4.79 Å². The summed E-state index contributed by atoms with van der Waals surface area (Å²) in [6.07, 6.45) is 0. The number of halogens is 1. The lowest BCUT2D eigenvalue weighted by Crippen LogP contribution is -2.25. The lowest BCUT2D eigenvalue weighted by Gasteiger charge is -2.13. The van der Waals surface area contributed by atoms with Crippen LogP contribution in [0.15, 0.2) is 4.79 Å². The second-order valence-corrected chi connectivity index (χ2v) is 3.60. The second kappa shape index (κ2) is 3.23. The second-order valence-electron chi connectivity index (χ2n) is 3.26. The van der Waals surface area contributed by atoms with Crippen LogP contribution in [0.2, 0.25) is 5.28 Å². The molecule has 0 saturated carbocycles. The van der Waals surface area contributed by atoms with Gasteiger partial charge < -0.3 is 14.6 Å². The van der Waals surface area contributed by atoms with Crippen LogP contribution in [0.5, 0.6) is 0 Å². The van der Waals surface area contributed by atoms with E-state index in [4.69, 9.17) is 16.7 Å². The normalized spacial score (nSPS) is 14.1. The molecule has 0 aliphatic carbocycles. The molecule has 0 fully saturated rings. The minimum absolute atomic E-state index is 0.0318. The molecular formula is C8H8ClN3O3. The van der Waals surface area contributed by atoms with E-state index in [1.54, 1.807) is 11.9 Å². The maximum Gasteiger partial charge on any atom is 0.345 e. The van der Waals surface area contributed by atoms with E-state index in [9.17, 15) is 9.59 Å². The smallest absolute Gasteiger partial charge is 0.345 e. The maximum absolute atomic E-state index is 11.4. The Morgan fingerprint density at radius 1 is 1.53 bits per heavy atom. The number of fused-ring (bicyclic) bond motifs is 1. The molecule has 2 rings (SSSR count). The molecule has 15 heavy (non-hydrogen) atoms. The number of aromatic carboxylic acids is 1. The van der Waals surface area contributed by atoms with Crippen LogP contribution < -0.4 is 10.5 Å². The SMILES string of the molecule is CN1CCn2c(Cl)nc(=O)c(C(=O)O)c21. The van der Waals surface area contributed by atoms with Crippen molar-refractivity contribution < 1.29 is 9.90 Å². The van der Waals surface area contributed by atoms with Gasteiger partial charge in [-0.2, -0.15) is 4.98 Å². The van der Waals surface area contributed by atoms with Crippen LogP contribution in [0.1, 0.15) is 10.4 Å². The number of rotatable bonds is 1. The number of anilines is 1. The molecule has 0 aromatic carbocycles. The third-order valence-corrected chi connectivity index (χ3v) is 2.63. The van der Waals surface area contributed by atoms with Gasteiger partial charge in [-0.1, -0.05) is 0 Å². The van der Waals surface area contributed by atoms with E-state index in [1.807, 2.05) is 0 Å². The molecule has 7 heteroatoms. The van der Waals surface area contributed by atoms with Crippen molar-refractivity contribution in [1.29, 1.82) is 0 Å². The highest BCUT2D eigenvalue weighted by Gasteiger charge is 2.27. The molecule has 1 aromatic rings. The lowest BCUT2D eigenvalue weighted by atomic mass is 10.3. The van der Waals surface area contributed by atoms with E-state index in [0.717, 1.165) is 0 Å². The van der Waals surface area contributed by atoms with Crippen LogP contribution in [0.25, 0.3) is 0 Å². The molecule has 0 bridgehead atoms. The lowest BCUT2D eigenvalue weighted by molar-refractivity contribution is 0.0695. The Morgan fingerprint density at radius 2 is 2.20 bits per heavy atom. The molecule has 0 unspecified atom stereocenters. The van der Waals surface area contributed by atoms with Gasteiger partial charge in [-0.05, 0) is 11.6 Å². The molecule has 0 saturated heterocycles. The molecule has 2 heterocycles. The number of hydrogen-bond donors (Lipinski definition) is 1. The standard InChI is InChI=1S/C8H8ClN3O3/c1-11-2-3-12-6(11)4(7(14)15)5(13)10-8(12)9/h2-3H2,1H3,(H,14,15). The van der Waals surface area contributed by atoms with E-state index in [1.165, 1.54) is 4.57 Å². The molecular weight excluding hydrogens is 222 g/mol. The van der Waals surface area contributed by atoms with Gasteiger partial charge in [-0.25, -0.2) is 4.79 Å². The summed E-state index contributed by atoms with van der Waals surface area (Å²) in [7, 11) is 1.71. The highest BCUT2D eigenvalue weighted by Crippen LogP contribution is 2.25. The van der Waals surface area contributed by atoms with Crippen molar-refractivity contribution in [3.05, 3.63) is 21.2 Å². The van der Waals surface area contributed by atoms with E-state index < -0.39 is 11.5 Å². The molecule has 6 nitrogen and oxygen atoms in total. The van der Waals surface area contributed by atoms with E-state index in [2.05, 4.69) is 4.98 Å². The van der Waals surface area contributed by atoms with E-state index in [-0.39, 0.29) is 10.8 Å². The average Bonchev–Trinajstić information content (AvgIpc) is 2.48. The first kappa shape index (κ1) is 9.97. The molecule has 1 aliphatic heterocycles. The number of likely N-dealkylation sites (N-methyl/N-ethyl adjacent to an activating group) is 1. The molecule has 0 radical (unpaired) electrons. The average molecular weight is 230 g/mol. The predicted octanol–water partition coefficient (Wildman–Crippen LogP) is 0.0447. The van der Waals surface area contributed by atoms with E-state index >= 15 is 0 Å². The van der Waals surface area contributed by atoms with Crippen molar-refractivity contribution in [3.63, 3.8) is 0 Å². The highest BCUT2D eigenvalue weighted by atomic mass is 35.5. The first-order valence-electron chi connectivity index (χ1n) is 4.27. The minimum Gasteiger partial charge on any atom is -0.477 e. The van der Waals surface area contributed by atoms with Gasteiger partial charge in [-0.15, -0.1) is 0 Å². The third kappa shape index (κ3) is 1.37. The summed E-state index contributed by atoms with van der Waals surface area (Å²) in [5.74, 6) is -0.950. The molecule has 1 N–H and O–H groups in total. The number of nitrogens with zero attached hydrogens (tertiary/aromatic N) is 3. The summed E-state index contributed by atoms with van der Waals surface area (Å²) in [6.45, 7) is 1.16. The first-order chi connectivity index (χ1) is 7.02. The summed E-state index contributed by atoms with van der Waals surface area (Å²) < 4.78 is 1.52. The van der Waals surface area contributed by atoms with Gasteiger partial charge in [0.2, 0.25) is 5.28 Å². The Balaban J connectivity index is 2.81. The molecule has 1 aromatic heterocycles. The van der Waals surface area contributed by atoms with Crippen molar-refractivity contribution in [3.8, 4) is 0 Å². The van der Waals surface area contributed by atoms with Crippen LogP contribution in [-0.4, -0.2) is 34.2 Å². The Hall–Kier alpha value is -1.56. The summed E-state index contributed by atoms with van der Waals surface area (Å²) in [5.41, 5.74) is -1.12. The zero-order chi connectivity index (χ0) is 11.2. The third-order valence-electron chi connectivity index (χ3n) is 2.34. The zero-order valence-corrected chi connectivity index (χ0v) is 8.65. The molecule has 0 spiro atoms. The summed E-state index contributed by atoms with van der Waals surface area (Å²) in [4.78, 5) is 27.4. The van der Waals surface area contributed by atoms with Gasteiger partial charge in [0, 0.05) is 20.1 Å². The van der Waals surface area contributed by atoms with Gasteiger partial charge in [0.1, 0.15) is 5.82 Å². The Bertz CT molecular complexity index is 497. The number of carboxylic acid groups (broad SMARTS) is 1. The monoisotopic (exact) mass is 229 g/mol. The predicted molar refractivity (Wildman–Crippen MR) is 53.7 cm³/mol. The van der Waals surface area contributed by atoms with Crippen molar-refractivity contribution >= 4 is 23.4 Å². The van der Waals surface area contributed by atoms with Crippen LogP contribution in [0, 0.1) is 0 Å². The zero-order valence-electron chi connectivity index (χ0n) is 7.90. The molecule has 80 valence electrons. The number of aromatic nitrogens is 2. The highest BCUT2D eigenvalue weighted by molar-refractivity contribution is 6.28. The quantitative estimate of drug-likeness (QED) is 0.689. The van der Waals surface area contributed by atoms with Crippen LogP contribution >= 0.6 is 11.6 Å². The first-order valence-corrected chi connectivity index (χ1v) is 4.65. The maximum atomic E-state index is 11.4. The topological polar surface area (TPSA) is 75.4 Å². The van der Waals surface area contributed by atoms with Gasteiger partial charge in [0.25, 0.3) is 5.56 Å². The Kier molecular flexibility index (Phi) is 2.15. The van der Waals surface area contributed by atoms with Gasteiger partial charge in [0.05, 0.1) is 0 Å². The van der Waals surface area contributed by atoms with E-state index in [0.29, 0.717) is 18.9 Å². The van der Waals surface area contributed by atoms with Crippen LogP contribution in [0.3, 0.4) is 0 Å². The van der Waals surface area contributed by atoms with Crippen molar-refractivity contribution in [1.82, 2.24) is 9.55 Å². The van der Waals surface area contributed by atoms with Gasteiger partial charge in [0.15, 0.2) is 5.56 Å².